The predicted octanol–water partition coefficient (Wildman–Crippen LogP) is -5.93. The molecule has 1 N–H and O–H groups in total. The van der Waals surface area contributed by atoms with Gasteiger partial charge >= 0.3 is 59.1 Å². The molecule has 0 bridgehead atoms. The van der Waals surface area contributed by atoms with E-state index in [4.69, 9.17) is 4.55 Å². The molecule has 11 heteroatoms. The Morgan fingerprint density at radius 2 is 1.48 bits per heavy atom. The van der Waals surface area contributed by atoms with Gasteiger partial charge in [0.15, 0.2) is 0 Å². The van der Waals surface area contributed by atoms with Crippen LogP contribution in [0.25, 0.3) is 10.8 Å². The van der Waals surface area contributed by atoms with Crippen LogP contribution in [0.2, 0.25) is 0 Å². The van der Waals surface area contributed by atoms with Crippen molar-refractivity contribution in [3.05, 3.63) is 30.3 Å². The first-order chi connectivity index (χ1) is 8.62. The third kappa shape index (κ3) is 4.41. The molecule has 0 saturated carbocycles. The van der Waals surface area contributed by atoms with Gasteiger partial charge in [0.25, 0.3) is 10.1 Å². The van der Waals surface area contributed by atoms with E-state index in [2.05, 4.69) is 0 Å². The second kappa shape index (κ2) is 7.26. The summed E-state index contributed by atoms with van der Waals surface area (Å²) < 4.78 is 64.0. The normalized spacial score (nSPS) is 11.5. The average molecular weight is 348 g/mol. The number of rotatable bonds is 2. The summed E-state index contributed by atoms with van der Waals surface area (Å²) in [7, 11) is -9.74. The Kier molecular flexibility index (Phi) is 7.37. The van der Waals surface area contributed by atoms with Gasteiger partial charge < -0.3 is 9.66 Å². The number of benzene rings is 2. The van der Waals surface area contributed by atoms with Crippen LogP contribution in [-0.2, 0) is 20.2 Å². The Bertz CT molecular complexity index is 876. The first-order valence-corrected chi connectivity index (χ1v) is 7.63. The van der Waals surface area contributed by atoms with Gasteiger partial charge in [0.2, 0.25) is 0 Å². The van der Waals surface area contributed by atoms with Crippen LogP contribution in [0.5, 0.6) is 5.75 Å². The molecular weight excluding hydrogens is 342 g/mol. The van der Waals surface area contributed by atoms with Crippen molar-refractivity contribution in [1.82, 2.24) is 0 Å². The first kappa shape index (κ1) is 21.3. The molecule has 0 saturated heterocycles. The SMILES string of the molecule is O=S(=O)([O-])c1cccc2ccc(S(=O)(=O)O)c([O-])c12.[Na+].[Na+]. The fourth-order valence-corrected chi connectivity index (χ4v) is 2.99. The van der Waals surface area contributed by atoms with E-state index in [1.807, 2.05) is 0 Å². The van der Waals surface area contributed by atoms with Crippen LogP contribution in [0.1, 0.15) is 0 Å². The van der Waals surface area contributed by atoms with E-state index in [1.54, 1.807) is 0 Å². The van der Waals surface area contributed by atoms with Gasteiger partial charge in [0, 0.05) is 0 Å². The maximum Gasteiger partial charge on any atom is 1.00 e. The molecule has 0 aliphatic heterocycles. The summed E-state index contributed by atoms with van der Waals surface area (Å²) in [5.41, 5.74) is 0. The summed E-state index contributed by atoms with van der Waals surface area (Å²) in [5.74, 6) is -1.23. The smallest absolute Gasteiger partial charge is 0.871 e. The Labute approximate surface area is 165 Å². The van der Waals surface area contributed by atoms with Crippen molar-refractivity contribution in [2.45, 2.75) is 9.79 Å². The molecule has 21 heavy (non-hydrogen) atoms. The van der Waals surface area contributed by atoms with Crippen LogP contribution in [0.3, 0.4) is 0 Å². The van der Waals surface area contributed by atoms with E-state index >= 15 is 0 Å². The molecule has 0 amide bonds. The van der Waals surface area contributed by atoms with E-state index in [9.17, 15) is 26.5 Å². The Balaban J connectivity index is 0.00000200. The average Bonchev–Trinajstić information content (AvgIpc) is 2.25. The molecule has 102 valence electrons. The largest absolute Gasteiger partial charge is 1.00 e. The van der Waals surface area contributed by atoms with Crippen molar-refractivity contribution >= 4 is 31.0 Å². The van der Waals surface area contributed by atoms with Crippen molar-refractivity contribution < 1.29 is 90.2 Å². The molecule has 0 aliphatic rings. The zero-order valence-electron chi connectivity index (χ0n) is 11.1. The first-order valence-electron chi connectivity index (χ1n) is 4.78. The van der Waals surface area contributed by atoms with E-state index < -0.39 is 41.2 Å². The predicted molar refractivity (Wildman–Crippen MR) is 61.2 cm³/mol. The summed E-state index contributed by atoms with van der Waals surface area (Å²) in [4.78, 5) is -1.79. The summed E-state index contributed by atoms with van der Waals surface area (Å²) in [6.07, 6.45) is 0. The molecule has 0 unspecified atom stereocenters. The van der Waals surface area contributed by atoms with Crippen LogP contribution >= 0.6 is 0 Å². The monoisotopic (exact) mass is 348 g/mol. The van der Waals surface area contributed by atoms with Crippen molar-refractivity contribution in [1.29, 1.82) is 0 Å². The van der Waals surface area contributed by atoms with Crippen LogP contribution < -0.4 is 64.2 Å². The Morgan fingerprint density at radius 3 is 1.95 bits per heavy atom. The fraction of sp³-hybridized carbons (Fsp3) is 0. The van der Waals surface area contributed by atoms with Crippen molar-refractivity contribution in [2.75, 3.05) is 0 Å². The van der Waals surface area contributed by atoms with Gasteiger partial charge in [-0.2, -0.15) is 8.42 Å². The molecule has 2 aromatic rings. The molecule has 0 atom stereocenters. The molecule has 0 spiro atoms. The zero-order valence-corrected chi connectivity index (χ0v) is 16.7. The summed E-state index contributed by atoms with van der Waals surface area (Å²) in [5, 5.41) is 11.4. The molecule has 0 heterocycles. The molecule has 0 aliphatic carbocycles. The van der Waals surface area contributed by atoms with Crippen LogP contribution in [0.15, 0.2) is 40.1 Å². The molecule has 2 rings (SSSR count). The van der Waals surface area contributed by atoms with Gasteiger partial charge in [-0.1, -0.05) is 23.9 Å². The van der Waals surface area contributed by atoms with Gasteiger partial charge in [-0.15, -0.1) is 0 Å². The third-order valence-corrected chi connectivity index (χ3v) is 4.23. The second-order valence-corrected chi connectivity index (χ2v) is 6.41. The molecule has 0 radical (unpaired) electrons. The van der Waals surface area contributed by atoms with Crippen molar-refractivity contribution in [3.63, 3.8) is 0 Å². The van der Waals surface area contributed by atoms with Gasteiger partial charge in [-0.3, -0.25) is 4.55 Å². The molecular formula is C10H6Na2O7S2. The third-order valence-electron chi connectivity index (χ3n) is 2.47. The van der Waals surface area contributed by atoms with Crippen molar-refractivity contribution in [3.8, 4) is 5.75 Å². The topological polar surface area (TPSA) is 135 Å². The standard InChI is InChI=1S/C10H8O7S2.2Na/c11-10-8(19(15,16)17)5-4-6-2-1-3-7(9(6)10)18(12,13)14;;/h1-5,11H,(H,12,13,14)(H,15,16,17);;/q;2*+1/p-2. The number of hydrogen-bond acceptors (Lipinski definition) is 6. The maximum absolute atomic E-state index is 11.9. The van der Waals surface area contributed by atoms with E-state index in [1.165, 1.54) is 12.1 Å². The van der Waals surface area contributed by atoms with Crippen LogP contribution in [0.4, 0.5) is 0 Å². The Hall–Kier alpha value is 0.320. The molecule has 2 aromatic carbocycles. The zero-order chi connectivity index (χ0) is 14.4. The number of fused-ring (bicyclic) bond motifs is 1. The number of hydrogen-bond donors (Lipinski definition) is 1. The Morgan fingerprint density at radius 1 is 0.905 bits per heavy atom. The molecule has 7 nitrogen and oxygen atoms in total. The van der Waals surface area contributed by atoms with Crippen LogP contribution in [-0.4, -0.2) is 25.9 Å². The van der Waals surface area contributed by atoms with Crippen molar-refractivity contribution in [2.24, 2.45) is 0 Å². The van der Waals surface area contributed by atoms with E-state index in [0.29, 0.717) is 0 Å². The van der Waals surface area contributed by atoms with Gasteiger partial charge in [-0.25, -0.2) is 8.42 Å². The minimum Gasteiger partial charge on any atom is -0.871 e. The second-order valence-electron chi connectivity index (χ2n) is 3.68. The minimum atomic E-state index is -4.94. The quantitative estimate of drug-likeness (QED) is 0.422. The van der Waals surface area contributed by atoms with Crippen LogP contribution in [0, 0.1) is 0 Å². The minimum absolute atomic E-state index is 0. The molecule has 0 fully saturated rings. The van der Waals surface area contributed by atoms with E-state index in [0.717, 1.165) is 18.2 Å². The summed E-state index contributed by atoms with van der Waals surface area (Å²) in [6, 6.07) is 5.48. The van der Waals surface area contributed by atoms with Gasteiger partial charge in [-0.05, 0) is 22.9 Å². The van der Waals surface area contributed by atoms with E-state index in [-0.39, 0.29) is 64.5 Å². The van der Waals surface area contributed by atoms with Gasteiger partial charge in [0.1, 0.15) is 10.1 Å². The fourth-order valence-electron chi connectivity index (χ4n) is 1.71. The summed E-state index contributed by atoms with van der Waals surface area (Å²) >= 11 is 0. The molecule has 0 aromatic heterocycles. The van der Waals surface area contributed by atoms with Gasteiger partial charge in [0.05, 0.1) is 9.79 Å². The maximum atomic E-state index is 11.9. The summed E-state index contributed by atoms with van der Waals surface area (Å²) in [6.45, 7) is 0.